The zero-order valence-electron chi connectivity index (χ0n) is 31.1. The van der Waals surface area contributed by atoms with Gasteiger partial charge < -0.3 is 40.0 Å². The van der Waals surface area contributed by atoms with Crippen LogP contribution in [0.3, 0.4) is 0 Å². The first-order chi connectivity index (χ1) is 23.4. The van der Waals surface area contributed by atoms with Crippen molar-refractivity contribution in [3.8, 4) is 0 Å². The number of ether oxygens (including phenoxy) is 3. The number of amides is 1. The maximum absolute atomic E-state index is 12.6. The molecule has 5 N–H and O–H groups in total. The van der Waals surface area contributed by atoms with E-state index in [1.807, 2.05) is 0 Å². The van der Waals surface area contributed by atoms with Crippen molar-refractivity contribution in [3.05, 3.63) is 0 Å². The fourth-order valence-electron chi connectivity index (χ4n) is 6.39. The minimum Gasteiger partial charge on any atom is -0.394 e. The van der Waals surface area contributed by atoms with Gasteiger partial charge >= 0.3 is 0 Å². The molecule has 0 radical (unpaired) electrons. The molecule has 0 aromatic carbocycles. The predicted octanol–water partition coefficient (Wildman–Crippen LogP) is 7.49. The second-order valence-electron chi connectivity index (χ2n) is 14.2. The molecule has 1 rings (SSSR count). The Morgan fingerprint density at radius 3 is 1.52 bits per heavy atom. The van der Waals surface area contributed by atoms with E-state index in [0.717, 1.165) is 25.7 Å². The number of carbonyl (C=O) groups is 1. The quantitative estimate of drug-likeness (QED) is 0.0439. The molecule has 0 unspecified atom stereocenters. The standard InChI is InChI=1S/C39H77NO8/c1-3-5-7-9-11-13-15-17-18-20-22-24-26-28-35(42)40-30-33(32-47-39-38(45)37(44)36(43)34(31-41)48-39)46-29-27-25-23-21-19-16-14-12-10-8-6-4-2/h33-34,36-39,41,43-45H,3-32H2,1-2H3,(H,40,42)/t33-,34+,36-,37-,38+,39+/m0/s1. The lowest BCUT2D eigenvalue weighted by Crippen LogP contribution is -2.59. The van der Waals surface area contributed by atoms with Crippen LogP contribution in [0.4, 0.5) is 0 Å². The van der Waals surface area contributed by atoms with E-state index < -0.39 is 43.4 Å². The summed E-state index contributed by atoms with van der Waals surface area (Å²) in [5.41, 5.74) is 0. The van der Waals surface area contributed by atoms with Crippen LogP contribution in [-0.4, -0.2) is 89.5 Å². The summed E-state index contributed by atoms with van der Waals surface area (Å²) in [6.45, 7) is 4.83. The van der Waals surface area contributed by atoms with Crippen molar-refractivity contribution in [1.82, 2.24) is 5.32 Å². The van der Waals surface area contributed by atoms with Gasteiger partial charge in [-0.1, -0.05) is 162 Å². The van der Waals surface area contributed by atoms with Gasteiger partial charge in [0, 0.05) is 19.6 Å². The number of rotatable bonds is 34. The molecule has 1 saturated heterocycles. The zero-order valence-corrected chi connectivity index (χ0v) is 31.1. The molecule has 48 heavy (non-hydrogen) atoms. The van der Waals surface area contributed by atoms with Gasteiger partial charge in [0.2, 0.25) is 5.91 Å². The molecule has 286 valence electrons. The van der Waals surface area contributed by atoms with Crippen molar-refractivity contribution in [3.63, 3.8) is 0 Å². The highest BCUT2D eigenvalue weighted by Gasteiger charge is 2.44. The van der Waals surface area contributed by atoms with E-state index in [1.165, 1.54) is 135 Å². The summed E-state index contributed by atoms with van der Waals surface area (Å²) in [5.74, 6) is -0.00937. The Hall–Kier alpha value is -0.810. The van der Waals surface area contributed by atoms with Gasteiger partial charge in [0.25, 0.3) is 0 Å². The van der Waals surface area contributed by atoms with E-state index in [0.29, 0.717) is 13.0 Å². The number of aliphatic hydroxyl groups excluding tert-OH is 4. The van der Waals surface area contributed by atoms with Crippen LogP contribution in [-0.2, 0) is 19.0 Å². The molecule has 0 bridgehead atoms. The van der Waals surface area contributed by atoms with E-state index in [1.54, 1.807) is 0 Å². The Kier molecular flexibility index (Phi) is 30.3. The van der Waals surface area contributed by atoms with Gasteiger partial charge in [-0.15, -0.1) is 0 Å². The lowest BCUT2D eigenvalue weighted by molar-refractivity contribution is -0.305. The second kappa shape index (κ2) is 32.1. The number of nitrogens with one attached hydrogen (secondary N) is 1. The molecule has 0 aliphatic carbocycles. The van der Waals surface area contributed by atoms with Crippen molar-refractivity contribution < 1.29 is 39.4 Å². The van der Waals surface area contributed by atoms with Gasteiger partial charge in [0.15, 0.2) is 6.29 Å². The first-order valence-corrected chi connectivity index (χ1v) is 20.2. The highest BCUT2D eigenvalue weighted by atomic mass is 16.7. The fraction of sp³-hybridized carbons (Fsp3) is 0.974. The van der Waals surface area contributed by atoms with E-state index in [-0.39, 0.29) is 19.1 Å². The van der Waals surface area contributed by atoms with E-state index in [4.69, 9.17) is 14.2 Å². The molecule has 1 fully saturated rings. The third-order valence-corrected chi connectivity index (χ3v) is 9.68. The Morgan fingerprint density at radius 1 is 0.625 bits per heavy atom. The first kappa shape index (κ1) is 45.2. The lowest BCUT2D eigenvalue weighted by atomic mass is 9.99. The van der Waals surface area contributed by atoms with Crippen LogP contribution >= 0.6 is 0 Å². The second-order valence-corrected chi connectivity index (χ2v) is 14.2. The number of hydrogen-bond donors (Lipinski definition) is 5. The minimum atomic E-state index is -1.50. The summed E-state index contributed by atoms with van der Waals surface area (Å²) in [4.78, 5) is 12.6. The first-order valence-electron chi connectivity index (χ1n) is 20.2. The van der Waals surface area contributed by atoms with Crippen molar-refractivity contribution in [2.75, 3.05) is 26.4 Å². The molecule has 0 aromatic rings. The molecule has 0 saturated carbocycles. The average Bonchev–Trinajstić information content (AvgIpc) is 3.09. The van der Waals surface area contributed by atoms with Crippen molar-refractivity contribution in [2.45, 2.75) is 218 Å². The monoisotopic (exact) mass is 688 g/mol. The summed E-state index contributed by atoms with van der Waals surface area (Å²) in [5, 5.41) is 43.0. The van der Waals surface area contributed by atoms with E-state index in [2.05, 4.69) is 19.2 Å². The van der Waals surface area contributed by atoms with Gasteiger partial charge in [0.1, 0.15) is 24.4 Å². The maximum atomic E-state index is 12.6. The summed E-state index contributed by atoms with van der Waals surface area (Å²) in [7, 11) is 0. The molecule has 1 amide bonds. The van der Waals surface area contributed by atoms with Crippen LogP contribution in [0.1, 0.15) is 181 Å². The Balaban J connectivity index is 2.29. The molecule has 9 heteroatoms. The summed E-state index contributed by atoms with van der Waals surface area (Å²) >= 11 is 0. The molecule has 1 aliphatic heterocycles. The summed E-state index contributed by atoms with van der Waals surface area (Å²) < 4.78 is 17.3. The van der Waals surface area contributed by atoms with Gasteiger partial charge in [0.05, 0.1) is 19.3 Å². The molecule has 1 heterocycles. The molecule has 9 nitrogen and oxygen atoms in total. The van der Waals surface area contributed by atoms with Crippen molar-refractivity contribution in [1.29, 1.82) is 0 Å². The van der Waals surface area contributed by atoms with Crippen LogP contribution in [0, 0.1) is 0 Å². The summed E-state index contributed by atoms with van der Waals surface area (Å²) in [6, 6.07) is 0. The van der Waals surface area contributed by atoms with Crippen LogP contribution in [0.15, 0.2) is 0 Å². The SMILES string of the molecule is CCCCCCCCCCCCCCCC(=O)NC[C@@H](CO[C@@H]1O[C@H](CO)[C@H](O)[C@H](O)[C@H]1O)OCCCCCCCCCCCCCC. The van der Waals surface area contributed by atoms with Gasteiger partial charge in [-0.25, -0.2) is 0 Å². The van der Waals surface area contributed by atoms with Crippen LogP contribution in [0.2, 0.25) is 0 Å². The molecular weight excluding hydrogens is 610 g/mol. The Bertz CT molecular complexity index is 711. The smallest absolute Gasteiger partial charge is 0.220 e. The summed E-state index contributed by atoms with van der Waals surface area (Å²) in [6.07, 6.45) is 24.9. The number of aliphatic hydroxyl groups is 4. The van der Waals surface area contributed by atoms with E-state index >= 15 is 0 Å². The zero-order chi connectivity index (χ0) is 35.1. The largest absolute Gasteiger partial charge is 0.394 e. The number of carbonyl (C=O) groups excluding carboxylic acids is 1. The number of hydrogen-bond acceptors (Lipinski definition) is 8. The Morgan fingerprint density at radius 2 is 1.06 bits per heavy atom. The van der Waals surface area contributed by atoms with Gasteiger partial charge in [-0.05, 0) is 12.8 Å². The average molecular weight is 688 g/mol. The topological polar surface area (TPSA) is 138 Å². The number of unbranched alkanes of at least 4 members (excludes halogenated alkanes) is 23. The van der Waals surface area contributed by atoms with Gasteiger partial charge in [-0.2, -0.15) is 0 Å². The maximum Gasteiger partial charge on any atom is 0.220 e. The fourth-order valence-corrected chi connectivity index (χ4v) is 6.39. The predicted molar refractivity (Wildman–Crippen MR) is 194 cm³/mol. The van der Waals surface area contributed by atoms with Crippen molar-refractivity contribution >= 4 is 5.91 Å². The highest BCUT2D eigenvalue weighted by molar-refractivity contribution is 5.75. The molecule has 0 aromatic heterocycles. The van der Waals surface area contributed by atoms with Crippen LogP contribution in [0.5, 0.6) is 0 Å². The van der Waals surface area contributed by atoms with E-state index in [9.17, 15) is 25.2 Å². The van der Waals surface area contributed by atoms with Crippen molar-refractivity contribution in [2.24, 2.45) is 0 Å². The molecule has 6 atom stereocenters. The highest BCUT2D eigenvalue weighted by Crippen LogP contribution is 2.22. The molecule has 0 spiro atoms. The normalized spacial score (nSPS) is 21.8. The third-order valence-electron chi connectivity index (χ3n) is 9.68. The third kappa shape index (κ3) is 23.6. The molecular formula is C39H77NO8. The minimum absolute atomic E-state index is 0.00937. The van der Waals surface area contributed by atoms with Gasteiger partial charge in [-0.3, -0.25) is 4.79 Å². The molecule has 1 aliphatic rings. The van der Waals surface area contributed by atoms with Crippen LogP contribution < -0.4 is 5.32 Å². The van der Waals surface area contributed by atoms with Crippen LogP contribution in [0.25, 0.3) is 0 Å². The Labute approximate surface area is 294 Å². The lowest BCUT2D eigenvalue weighted by Gasteiger charge is -2.40.